The number of rotatable bonds is 3. The smallest absolute Gasteiger partial charge is 0.744 e. The molecule has 0 spiro atoms. The summed E-state index contributed by atoms with van der Waals surface area (Å²) >= 11 is 0. The molecule has 0 saturated heterocycles. The zero-order chi connectivity index (χ0) is 17.8. The number of nitrogen functional groups attached to an aromatic ring is 1. The van der Waals surface area contributed by atoms with Crippen molar-refractivity contribution in [3.05, 3.63) is 24.3 Å². The van der Waals surface area contributed by atoms with Gasteiger partial charge in [0.25, 0.3) is 0 Å². The van der Waals surface area contributed by atoms with E-state index in [0.29, 0.717) is 18.2 Å². The molecule has 2 aromatic rings. The van der Waals surface area contributed by atoms with Crippen LogP contribution in [-0.2, 0) is 30.4 Å². The maximum Gasteiger partial charge on any atom is 1.00 e. The van der Waals surface area contributed by atoms with E-state index in [9.17, 15) is 38.9 Å². The van der Waals surface area contributed by atoms with Gasteiger partial charge in [-0.2, -0.15) is 0 Å². The van der Waals surface area contributed by atoms with Crippen LogP contribution in [0.15, 0.2) is 39.0 Å². The predicted octanol–water partition coefficient (Wildman–Crippen LogP) is -9.85. The van der Waals surface area contributed by atoms with Gasteiger partial charge in [-0.1, -0.05) is 0 Å². The van der Waals surface area contributed by atoms with Gasteiger partial charge in [-0.05, 0) is 24.3 Å². The van der Waals surface area contributed by atoms with Crippen LogP contribution in [0, 0.1) is 0 Å². The van der Waals surface area contributed by atoms with Gasteiger partial charge in [-0.25, -0.2) is 25.3 Å². The monoisotopic (exact) mass is 449 g/mol. The van der Waals surface area contributed by atoms with E-state index in [4.69, 9.17) is 5.73 Å². The molecule has 126 valence electrons. The minimum absolute atomic E-state index is 0. The Labute approximate surface area is 216 Å². The molecule has 0 aliphatic heterocycles. The van der Waals surface area contributed by atoms with Crippen molar-refractivity contribution >= 4 is 46.8 Å². The van der Waals surface area contributed by atoms with Gasteiger partial charge in [0.05, 0.1) is 14.7 Å². The van der Waals surface area contributed by atoms with E-state index in [1.165, 1.54) is 0 Å². The molecule has 0 bridgehead atoms. The van der Waals surface area contributed by atoms with Crippen molar-refractivity contribution in [1.29, 1.82) is 0 Å². The summed E-state index contributed by atoms with van der Waals surface area (Å²) in [5.74, 6) is 0. The minimum Gasteiger partial charge on any atom is -0.744 e. The molecule has 0 heterocycles. The maximum absolute atomic E-state index is 11.3. The molecular weight excluding hydrogens is 443 g/mol. The van der Waals surface area contributed by atoms with Crippen molar-refractivity contribution in [1.82, 2.24) is 0 Å². The minimum atomic E-state index is -5.30. The first-order valence-corrected chi connectivity index (χ1v) is 9.69. The summed E-state index contributed by atoms with van der Waals surface area (Å²) in [6.45, 7) is 0. The molecule has 2 N–H and O–H groups in total. The number of benzene rings is 2. The fourth-order valence-corrected chi connectivity index (χ4v) is 3.74. The predicted molar refractivity (Wildman–Crippen MR) is 72.3 cm³/mol. The first-order chi connectivity index (χ1) is 10.2. The van der Waals surface area contributed by atoms with Crippen LogP contribution < -0.4 is 94.4 Å². The molecule has 0 aliphatic carbocycles. The Morgan fingerprint density at radius 1 is 0.615 bits per heavy atom. The third kappa shape index (κ3) is 6.64. The Hall–Kier alpha value is 1.23. The summed E-state index contributed by atoms with van der Waals surface area (Å²) < 4.78 is 100. The van der Waals surface area contributed by atoms with E-state index in [1.54, 1.807) is 0 Å². The molecule has 0 aromatic heterocycles. The summed E-state index contributed by atoms with van der Waals surface area (Å²) in [4.78, 5) is -3.13. The van der Waals surface area contributed by atoms with E-state index in [0.717, 1.165) is 0 Å². The summed E-state index contributed by atoms with van der Waals surface area (Å²) in [5.41, 5.74) is 4.99. The van der Waals surface area contributed by atoms with Gasteiger partial charge < -0.3 is 19.4 Å². The van der Waals surface area contributed by atoms with Gasteiger partial charge in [0.15, 0.2) is 0 Å². The van der Waals surface area contributed by atoms with Gasteiger partial charge in [0.1, 0.15) is 30.4 Å². The Kier molecular flexibility index (Phi) is 11.1. The fraction of sp³-hybridized carbons (Fsp3) is 0. The third-order valence-electron chi connectivity index (χ3n) is 2.86. The Morgan fingerprint density at radius 2 is 1.00 bits per heavy atom. The summed E-state index contributed by atoms with van der Waals surface area (Å²) in [6, 6.07) is 2.20. The second-order valence-corrected chi connectivity index (χ2v) is 8.50. The molecule has 16 heteroatoms. The van der Waals surface area contributed by atoms with Crippen LogP contribution in [0.1, 0.15) is 0 Å². The van der Waals surface area contributed by atoms with Crippen molar-refractivity contribution in [3.63, 3.8) is 0 Å². The van der Waals surface area contributed by atoms with Gasteiger partial charge in [-0.15, -0.1) is 0 Å². The fourth-order valence-electron chi connectivity index (χ4n) is 1.90. The standard InChI is InChI=1S/C10H9NO9S3.3Na/c11-9-3-5(21(12,13)14)2-8-7(9)1-6(22(15,16)17)4-10(8)23(18,19)20;;;/h1-4H,11H2,(H,12,13,14)(H,15,16,17)(H,18,19,20);;;/q;3*+1/p-3. The van der Waals surface area contributed by atoms with Gasteiger partial charge >= 0.3 is 88.7 Å². The number of nitrogens with two attached hydrogens (primary N) is 1. The normalized spacial score (nSPS) is 11.8. The summed E-state index contributed by atoms with van der Waals surface area (Å²) in [7, 11) is -15.4. The van der Waals surface area contributed by atoms with Crippen LogP contribution in [0.2, 0.25) is 0 Å². The molecule has 0 saturated carbocycles. The Morgan fingerprint density at radius 3 is 1.38 bits per heavy atom. The topological polar surface area (TPSA) is 198 Å². The SMILES string of the molecule is Nc1cc(S(=O)(=O)[O-])cc2c(S(=O)(=O)[O-])cc(S(=O)(=O)[O-])cc12.[Na+].[Na+].[Na+]. The molecule has 26 heavy (non-hydrogen) atoms. The molecule has 0 fully saturated rings. The first kappa shape index (κ1) is 29.4. The van der Waals surface area contributed by atoms with Crippen LogP contribution >= 0.6 is 0 Å². The molecule has 2 rings (SSSR count). The largest absolute Gasteiger partial charge is 1.00 e. The van der Waals surface area contributed by atoms with Crippen LogP contribution in [0.5, 0.6) is 0 Å². The van der Waals surface area contributed by atoms with Gasteiger partial charge in [-0.3, -0.25) is 0 Å². The maximum atomic E-state index is 11.3. The molecule has 2 aromatic carbocycles. The Balaban J connectivity index is 0. The zero-order valence-electron chi connectivity index (χ0n) is 13.8. The summed E-state index contributed by atoms with van der Waals surface area (Å²) in [6.07, 6.45) is 0. The van der Waals surface area contributed by atoms with Crippen molar-refractivity contribution in [2.45, 2.75) is 14.7 Å². The van der Waals surface area contributed by atoms with E-state index in [1.807, 2.05) is 0 Å². The second-order valence-electron chi connectivity index (χ2n) is 4.39. The van der Waals surface area contributed by atoms with Crippen molar-refractivity contribution in [2.24, 2.45) is 0 Å². The van der Waals surface area contributed by atoms with E-state index < -0.39 is 56.1 Å². The third-order valence-corrected chi connectivity index (χ3v) is 5.36. The average molecular weight is 449 g/mol. The zero-order valence-corrected chi connectivity index (χ0v) is 22.2. The number of anilines is 1. The molecule has 10 nitrogen and oxygen atoms in total. The number of hydrogen-bond acceptors (Lipinski definition) is 10. The Bertz CT molecular complexity index is 1150. The number of fused-ring (bicyclic) bond motifs is 1. The van der Waals surface area contributed by atoms with Gasteiger partial charge in [0.2, 0.25) is 0 Å². The second kappa shape index (κ2) is 9.82. The van der Waals surface area contributed by atoms with E-state index in [2.05, 4.69) is 0 Å². The van der Waals surface area contributed by atoms with Crippen molar-refractivity contribution in [2.75, 3.05) is 5.73 Å². The van der Waals surface area contributed by atoms with Crippen LogP contribution in [0.4, 0.5) is 5.69 Å². The van der Waals surface area contributed by atoms with E-state index >= 15 is 0 Å². The molecule has 0 amide bonds. The molecule has 0 atom stereocenters. The van der Waals surface area contributed by atoms with Crippen LogP contribution in [-0.4, -0.2) is 38.9 Å². The quantitative estimate of drug-likeness (QED) is 0.267. The van der Waals surface area contributed by atoms with Crippen molar-refractivity contribution in [3.8, 4) is 0 Å². The molecule has 0 unspecified atom stereocenters. The van der Waals surface area contributed by atoms with Crippen molar-refractivity contribution < 1.29 is 128 Å². The van der Waals surface area contributed by atoms with E-state index in [-0.39, 0.29) is 100 Å². The molecule has 0 radical (unpaired) electrons. The van der Waals surface area contributed by atoms with Crippen LogP contribution in [0.25, 0.3) is 10.8 Å². The average Bonchev–Trinajstić information content (AvgIpc) is 2.34. The number of hydrogen-bond donors (Lipinski definition) is 1. The first-order valence-electron chi connectivity index (χ1n) is 5.46. The molecule has 0 aliphatic rings. The summed E-state index contributed by atoms with van der Waals surface area (Å²) in [5, 5.41) is -0.953. The van der Waals surface area contributed by atoms with Gasteiger partial charge in [0, 0.05) is 16.5 Å². The van der Waals surface area contributed by atoms with Crippen LogP contribution in [0.3, 0.4) is 0 Å². The molecular formula is C10H6NNa3O9S3.